The zero-order valence-electron chi connectivity index (χ0n) is 11.1. The van der Waals surface area contributed by atoms with Crippen molar-refractivity contribution < 1.29 is 19.8 Å². The molecule has 0 aromatic heterocycles. The van der Waals surface area contributed by atoms with E-state index in [0.717, 1.165) is 4.90 Å². The highest BCUT2D eigenvalue weighted by Crippen LogP contribution is 2.24. The van der Waals surface area contributed by atoms with E-state index in [-0.39, 0.29) is 5.56 Å². The van der Waals surface area contributed by atoms with Crippen molar-refractivity contribution in [3.8, 4) is 0 Å². The summed E-state index contributed by atoms with van der Waals surface area (Å²) in [6.07, 6.45) is -1.97. The van der Waals surface area contributed by atoms with E-state index < -0.39 is 23.8 Å². The molecule has 0 bridgehead atoms. The number of benzene rings is 1. The van der Waals surface area contributed by atoms with Gasteiger partial charge in [-0.1, -0.05) is 12.1 Å². The van der Waals surface area contributed by atoms with Gasteiger partial charge in [0.15, 0.2) is 0 Å². The molecule has 0 heterocycles. The minimum Gasteiger partial charge on any atom is -0.478 e. The van der Waals surface area contributed by atoms with Gasteiger partial charge in [0.25, 0.3) is 0 Å². The number of aromatic carboxylic acids is 1. The lowest BCUT2D eigenvalue weighted by Crippen LogP contribution is -2.50. The molecule has 0 radical (unpaired) electrons. The summed E-state index contributed by atoms with van der Waals surface area (Å²) in [4.78, 5) is 23.2. The Kier molecular flexibility index (Phi) is 4.16. The summed E-state index contributed by atoms with van der Waals surface area (Å²) in [7, 11) is 0. The number of hydrogen-bond acceptors (Lipinski definition) is 3. The second kappa shape index (κ2) is 5.27. The van der Waals surface area contributed by atoms with Crippen molar-refractivity contribution in [2.75, 3.05) is 0 Å². The van der Waals surface area contributed by atoms with Gasteiger partial charge in [0.1, 0.15) is 6.17 Å². The van der Waals surface area contributed by atoms with E-state index in [2.05, 4.69) is 0 Å². The van der Waals surface area contributed by atoms with Crippen LogP contribution in [0, 0.1) is 0 Å². The quantitative estimate of drug-likeness (QED) is 0.727. The summed E-state index contributed by atoms with van der Waals surface area (Å²) in [5.41, 5.74) is 5.97. The summed E-state index contributed by atoms with van der Waals surface area (Å²) in [5, 5.41) is 18.0. The molecule has 19 heavy (non-hydrogen) atoms. The number of carboxylic acids is 1. The number of hydrogen-bond donors (Lipinski definition) is 3. The Hall–Kier alpha value is -2.08. The van der Waals surface area contributed by atoms with E-state index in [9.17, 15) is 14.7 Å². The summed E-state index contributed by atoms with van der Waals surface area (Å²) in [6, 6.07) is 5.85. The Labute approximate surface area is 111 Å². The van der Waals surface area contributed by atoms with Crippen LogP contribution in [0.2, 0.25) is 0 Å². The van der Waals surface area contributed by atoms with Gasteiger partial charge in [-0.2, -0.15) is 0 Å². The molecule has 0 aliphatic carbocycles. The second-order valence-corrected chi connectivity index (χ2v) is 5.20. The average molecular weight is 266 g/mol. The van der Waals surface area contributed by atoms with Crippen LogP contribution in [-0.4, -0.2) is 32.7 Å². The lowest BCUT2D eigenvalue weighted by atomic mass is 10.0. The zero-order valence-corrected chi connectivity index (χ0v) is 11.1. The Morgan fingerprint density at radius 2 is 1.63 bits per heavy atom. The number of carbonyl (C=O) groups is 2. The first kappa shape index (κ1) is 15.0. The van der Waals surface area contributed by atoms with Gasteiger partial charge in [-0.05, 0) is 38.5 Å². The van der Waals surface area contributed by atoms with Crippen LogP contribution in [0.25, 0.3) is 0 Å². The van der Waals surface area contributed by atoms with Crippen molar-refractivity contribution in [2.45, 2.75) is 32.5 Å². The Morgan fingerprint density at radius 3 is 1.95 bits per heavy atom. The predicted molar refractivity (Wildman–Crippen MR) is 69.9 cm³/mol. The molecule has 0 spiro atoms. The third-order valence-electron chi connectivity index (χ3n) is 2.71. The predicted octanol–water partition coefficient (Wildman–Crippen LogP) is 2.12. The maximum absolute atomic E-state index is 11.3. The molecule has 0 aliphatic heterocycles. The van der Waals surface area contributed by atoms with Crippen LogP contribution >= 0.6 is 0 Å². The summed E-state index contributed by atoms with van der Waals surface area (Å²) < 4.78 is 0. The molecule has 0 fully saturated rings. The number of carboxylic acid groups (broad SMARTS) is 2. The normalized spacial score (nSPS) is 12.8. The first-order chi connectivity index (χ1) is 8.64. The molecule has 104 valence electrons. The maximum atomic E-state index is 11.3. The van der Waals surface area contributed by atoms with Crippen LogP contribution in [0.3, 0.4) is 0 Å². The number of nitrogens with two attached hydrogens (primary N) is 1. The monoisotopic (exact) mass is 266 g/mol. The molecule has 1 aromatic rings. The molecule has 1 aromatic carbocycles. The highest BCUT2D eigenvalue weighted by atomic mass is 16.4. The Morgan fingerprint density at radius 1 is 1.16 bits per heavy atom. The fourth-order valence-corrected chi connectivity index (χ4v) is 1.80. The molecule has 0 saturated carbocycles. The van der Waals surface area contributed by atoms with Crippen LogP contribution < -0.4 is 5.73 Å². The van der Waals surface area contributed by atoms with Crippen LogP contribution in [0.5, 0.6) is 0 Å². The number of rotatable bonds is 3. The fraction of sp³-hybridized carbons (Fsp3) is 0.385. The molecule has 0 saturated heterocycles. The Balaban J connectivity index is 3.07. The minimum absolute atomic E-state index is 0.133. The van der Waals surface area contributed by atoms with E-state index in [0.29, 0.717) is 5.56 Å². The summed E-state index contributed by atoms with van der Waals surface area (Å²) >= 11 is 0. The first-order valence-corrected chi connectivity index (χ1v) is 5.75. The van der Waals surface area contributed by atoms with E-state index in [4.69, 9.17) is 10.8 Å². The molecule has 1 unspecified atom stereocenters. The molecule has 6 nitrogen and oxygen atoms in total. The molecule has 1 atom stereocenters. The van der Waals surface area contributed by atoms with Crippen molar-refractivity contribution in [1.82, 2.24) is 4.90 Å². The van der Waals surface area contributed by atoms with E-state index in [1.54, 1.807) is 20.8 Å². The summed E-state index contributed by atoms with van der Waals surface area (Å²) in [5.74, 6) is -1.04. The van der Waals surface area contributed by atoms with Gasteiger partial charge in [0, 0.05) is 5.54 Å². The van der Waals surface area contributed by atoms with Gasteiger partial charge in [0.2, 0.25) is 0 Å². The van der Waals surface area contributed by atoms with E-state index in [1.165, 1.54) is 24.3 Å². The standard InChI is InChI=1S/C13H18N2O4/c1-13(2,3)15(12(18)19)10(14)8-4-6-9(7-5-8)11(16)17/h4-7,10H,14H2,1-3H3,(H,16,17)(H,18,19). The van der Waals surface area contributed by atoms with Crippen LogP contribution in [0.1, 0.15) is 42.9 Å². The topological polar surface area (TPSA) is 104 Å². The van der Waals surface area contributed by atoms with Crippen LogP contribution in [-0.2, 0) is 0 Å². The SMILES string of the molecule is CC(C)(C)N(C(=O)O)C(N)c1ccc(C(=O)O)cc1. The zero-order chi connectivity index (χ0) is 14.8. The average Bonchev–Trinajstić information content (AvgIpc) is 2.26. The highest BCUT2D eigenvalue weighted by Gasteiger charge is 2.32. The van der Waals surface area contributed by atoms with Gasteiger partial charge >= 0.3 is 12.1 Å². The lowest BCUT2D eigenvalue weighted by Gasteiger charge is -2.37. The number of nitrogens with zero attached hydrogens (tertiary/aromatic N) is 1. The smallest absolute Gasteiger partial charge is 0.409 e. The van der Waals surface area contributed by atoms with Gasteiger partial charge in [-0.25, -0.2) is 9.59 Å². The Bertz CT molecular complexity index is 476. The molecule has 6 heteroatoms. The van der Waals surface area contributed by atoms with Crippen molar-refractivity contribution >= 4 is 12.1 Å². The van der Waals surface area contributed by atoms with Crippen molar-refractivity contribution in [2.24, 2.45) is 5.73 Å². The number of amides is 1. The minimum atomic E-state index is -1.12. The van der Waals surface area contributed by atoms with Gasteiger partial charge in [-0.3, -0.25) is 4.90 Å². The van der Waals surface area contributed by atoms with Gasteiger partial charge in [0.05, 0.1) is 5.56 Å². The molecule has 1 rings (SSSR count). The molecule has 1 amide bonds. The van der Waals surface area contributed by atoms with Crippen LogP contribution in [0.15, 0.2) is 24.3 Å². The molecular weight excluding hydrogens is 248 g/mol. The lowest BCUT2D eigenvalue weighted by molar-refractivity contribution is 0.0686. The van der Waals surface area contributed by atoms with Crippen molar-refractivity contribution in [3.63, 3.8) is 0 Å². The third kappa shape index (κ3) is 3.45. The molecule has 4 N–H and O–H groups in total. The van der Waals surface area contributed by atoms with E-state index in [1.807, 2.05) is 0 Å². The molecular formula is C13H18N2O4. The fourth-order valence-electron chi connectivity index (χ4n) is 1.80. The van der Waals surface area contributed by atoms with Crippen LogP contribution in [0.4, 0.5) is 4.79 Å². The largest absolute Gasteiger partial charge is 0.478 e. The second-order valence-electron chi connectivity index (χ2n) is 5.20. The van der Waals surface area contributed by atoms with Crippen molar-refractivity contribution in [1.29, 1.82) is 0 Å². The van der Waals surface area contributed by atoms with Crippen molar-refractivity contribution in [3.05, 3.63) is 35.4 Å². The van der Waals surface area contributed by atoms with E-state index >= 15 is 0 Å². The highest BCUT2D eigenvalue weighted by molar-refractivity contribution is 5.87. The van der Waals surface area contributed by atoms with Gasteiger partial charge < -0.3 is 15.9 Å². The third-order valence-corrected chi connectivity index (χ3v) is 2.71. The van der Waals surface area contributed by atoms with Gasteiger partial charge in [-0.15, -0.1) is 0 Å². The molecule has 0 aliphatic rings. The maximum Gasteiger partial charge on any atom is 0.409 e. The first-order valence-electron chi connectivity index (χ1n) is 5.75. The summed E-state index contributed by atoms with van der Waals surface area (Å²) in [6.45, 7) is 5.23.